The van der Waals surface area contributed by atoms with Gasteiger partial charge in [-0.1, -0.05) is 35.5 Å². The molecule has 0 aliphatic heterocycles. The van der Waals surface area contributed by atoms with Gasteiger partial charge < -0.3 is 9.90 Å². The summed E-state index contributed by atoms with van der Waals surface area (Å²) >= 11 is 0. The maximum absolute atomic E-state index is 10.7. The fourth-order valence-electron chi connectivity index (χ4n) is 1.28. The number of unbranched alkanes of at least 4 members (excludes halogenated alkanes) is 2. The molecule has 0 aromatic rings. The molecule has 21 heavy (non-hydrogen) atoms. The van der Waals surface area contributed by atoms with Crippen LogP contribution in [0.15, 0.2) is 0 Å². The molecule has 0 fully saturated rings. The summed E-state index contributed by atoms with van der Waals surface area (Å²) in [7, 11) is 0. The van der Waals surface area contributed by atoms with Crippen LogP contribution < -0.4 is 0 Å². The van der Waals surface area contributed by atoms with Crippen molar-refractivity contribution in [3.05, 3.63) is 0 Å². The van der Waals surface area contributed by atoms with Crippen molar-refractivity contribution >= 4 is 5.78 Å². The molecule has 1 N–H and O–H groups in total. The zero-order valence-corrected chi connectivity index (χ0v) is 12.7. The van der Waals surface area contributed by atoms with Crippen LogP contribution in [-0.2, 0) is 4.79 Å². The van der Waals surface area contributed by atoms with Gasteiger partial charge in [0, 0.05) is 25.9 Å². The first-order valence-corrected chi connectivity index (χ1v) is 7.20. The Bertz CT molecular complexity index is 527. The molecule has 0 atom stereocenters. The molecule has 0 bridgehead atoms. The number of Topliss-reactive ketones (excluding diaryl/α,β-unsaturated/α-hetero) is 1. The minimum absolute atomic E-state index is 0.190. The van der Waals surface area contributed by atoms with Crippen molar-refractivity contribution in [2.45, 2.75) is 58.3 Å². The zero-order chi connectivity index (χ0) is 15.6. The average molecular weight is 282 g/mol. The molecule has 0 rings (SSSR count). The van der Waals surface area contributed by atoms with Crippen molar-refractivity contribution in [2.24, 2.45) is 0 Å². The van der Waals surface area contributed by atoms with Gasteiger partial charge in [-0.25, -0.2) is 0 Å². The summed E-state index contributed by atoms with van der Waals surface area (Å²) in [5.41, 5.74) is 0. The first-order chi connectivity index (χ1) is 10.3. The van der Waals surface area contributed by atoms with Gasteiger partial charge in [0.2, 0.25) is 0 Å². The first-order valence-electron chi connectivity index (χ1n) is 7.20. The lowest BCUT2D eigenvalue weighted by molar-refractivity contribution is -0.117. The molecule has 0 amide bonds. The van der Waals surface area contributed by atoms with Gasteiger partial charge in [0.1, 0.15) is 5.78 Å². The highest BCUT2D eigenvalue weighted by Crippen LogP contribution is 1.94. The summed E-state index contributed by atoms with van der Waals surface area (Å²) in [6.45, 7) is 1.79. The molecule has 0 saturated heterocycles. The maximum Gasteiger partial charge on any atom is 0.129 e. The highest BCUT2D eigenvalue weighted by atomic mass is 16.2. The van der Waals surface area contributed by atoms with Crippen LogP contribution in [0, 0.1) is 47.4 Å². The second-order valence-corrected chi connectivity index (χ2v) is 4.33. The largest absolute Gasteiger partial charge is 0.396 e. The number of carbonyl (C=O) groups is 1. The lowest BCUT2D eigenvalue weighted by Crippen LogP contribution is -1.87. The minimum atomic E-state index is 0.190. The molecule has 0 heterocycles. The van der Waals surface area contributed by atoms with E-state index < -0.39 is 0 Å². The number of hydrogen-bond donors (Lipinski definition) is 1. The number of aliphatic hydroxyl groups is 1. The molecule has 110 valence electrons. The predicted octanol–water partition coefficient (Wildman–Crippen LogP) is 2.70. The van der Waals surface area contributed by atoms with Crippen molar-refractivity contribution in [3.8, 4) is 47.4 Å². The molecule has 0 unspecified atom stereocenters. The van der Waals surface area contributed by atoms with Gasteiger partial charge in [-0.2, -0.15) is 0 Å². The van der Waals surface area contributed by atoms with Gasteiger partial charge in [-0.15, -0.1) is 11.8 Å². The van der Waals surface area contributed by atoms with E-state index in [-0.39, 0.29) is 12.4 Å². The molecule has 0 aromatic heterocycles. The Balaban J connectivity index is 3.59. The molecule has 2 nitrogen and oxygen atoms in total. The Morgan fingerprint density at radius 3 is 1.62 bits per heavy atom. The van der Waals surface area contributed by atoms with Crippen molar-refractivity contribution < 1.29 is 9.90 Å². The summed E-state index contributed by atoms with van der Waals surface area (Å²) in [4.78, 5) is 10.7. The van der Waals surface area contributed by atoms with Crippen LogP contribution in [0.5, 0.6) is 0 Å². The quantitative estimate of drug-likeness (QED) is 0.622. The van der Waals surface area contributed by atoms with E-state index >= 15 is 0 Å². The third-order valence-corrected chi connectivity index (χ3v) is 2.32. The Labute approximate surface area is 128 Å². The smallest absolute Gasteiger partial charge is 0.129 e. The van der Waals surface area contributed by atoms with Crippen LogP contribution in [0.1, 0.15) is 58.3 Å². The van der Waals surface area contributed by atoms with Gasteiger partial charge in [0.25, 0.3) is 0 Å². The fraction of sp³-hybridized carbons (Fsp3) is 0.526. The molecular weight excluding hydrogens is 260 g/mol. The lowest BCUT2D eigenvalue weighted by Gasteiger charge is -1.87. The van der Waals surface area contributed by atoms with Crippen LogP contribution in [-0.4, -0.2) is 17.5 Å². The van der Waals surface area contributed by atoms with Crippen molar-refractivity contribution in [3.63, 3.8) is 0 Å². The van der Waals surface area contributed by atoms with Gasteiger partial charge in [0.15, 0.2) is 0 Å². The Morgan fingerprint density at radius 2 is 1.19 bits per heavy atom. The highest BCUT2D eigenvalue weighted by molar-refractivity contribution is 5.75. The fourth-order valence-corrected chi connectivity index (χ4v) is 1.28. The van der Waals surface area contributed by atoms with E-state index in [2.05, 4.69) is 47.4 Å². The Morgan fingerprint density at radius 1 is 0.762 bits per heavy atom. The van der Waals surface area contributed by atoms with Gasteiger partial charge in [0.05, 0.1) is 19.3 Å². The lowest BCUT2D eigenvalue weighted by atomic mass is 10.2. The SMILES string of the molecule is CC(=O)CCCC#CCC#CCC#CCC#CCCCO. The third kappa shape index (κ3) is 17.9. The van der Waals surface area contributed by atoms with E-state index in [1.807, 2.05) is 0 Å². The van der Waals surface area contributed by atoms with Crippen LogP contribution in [0.4, 0.5) is 0 Å². The Kier molecular flexibility index (Phi) is 14.3. The van der Waals surface area contributed by atoms with Crippen LogP contribution >= 0.6 is 0 Å². The van der Waals surface area contributed by atoms with Crippen LogP contribution in [0.2, 0.25) is 0 Å². The van der Waals surface area contributed by atoms with E-state index in [0.29, 0.717) is 25.7 Å². The molecule has 0 spiro atoms. The first kappa shape index (κ1) is 18.9. The topological polar surface area (TPSA) is 37.3 Å². The van der Waals surface area contributed by atoms with E-state index in [1.54, 1.807) is 6.92 Å². The van der Waals surface area contributed by atoms with Crippen molar-refractivity contribution in [1.29, 1.82) is 0 Å². The maximum atomic E-state index is 10.7. The van der Waals surface area contributed by atoms with E-state index in [9.17, 15) is 4.79 Å². The molecule has 0 aliphatic rings. The molecular formula is C19H22O2. The standard InChI is InChI=1S/C19H22O2/c1-19(21)17-15-13-11-9-7-5-3-2-4-6-8-10-12-14-16-18-20/h20H,2,7-8,13-18H2,1H3. The van der Waals surface area contributed by atoms with Crippen LogP contribution in [0.25, 0.3) is 0 Å². The van der Waals surface area contributed by atoms with E-state index in [1.165, 1.54) is 0 Å². The van der Waals surface area contributed by atoms with Crippen molar-refractivity contribution in [2.75, 3.05) is 6.61 Å². The molecule has 0 aliphatic carbocycles. The van der Waals surface area contributed by atoms with Gasteiger partial charge in [-0.3, -0.25) is 0 Å². The average Bonchev–Trinajstić information content (AvgIpc) is 2.46. The summed E-state index contributed by atoms with van der Waals surface area (Å²) < 4.78 is 0. The van der Waals surface area contributed by atoms with Crippen molar-refractivity contribution in [1.82, 2.24) is 0 Å². The zero-order valence-electron chi connectivity index (χ0n) is 12.7. The van der Waals surface area contributed by atoms with Gasteiger partial charge in [-0.05, 0) is 19.8 Å². The molecule has 0 radical (unpaired) electrons. The number of rotatable bonds is 5. The summed E-state index contributed by atoms with van der Waals surface area (Å²) in [5.74, 6) is 23.8. The summed E-state index contributed by atoms with van der Waals surface area (Å²) in [6.07, 6.45) is 5.32. The molecule has 0 aromatic carbocycles. The number of hydrogen-bond acceptors (Lipinski definition) is 2. The van der Waals surface area contributed by atoms with E-state index in [4.69, 9.17) is 5.11 Å². The highest BCUT2D eigenvalue weighted by Gasteiger charge is 1.89. The molecule has 0 saturated carbocycles. The number of aliphatic hydroxyl groups excluding tert-OH is 1. The van der Waals surface area contributed by atoms with Gasteiger partial charge >= 0.3 is 0 Å². The van der Waals surface area contributed by atoms with E-state index in [0.717, 1.165) is 25.7 Å². The van der Waals surface area contributed by atoms with Crippen LogP contribution in [0.3, 0.4) is 0 Å². The number of ketones is 1. The predicted molar refractivity (Wildman–Crippen MR) is 85.8 cm³/mol. The summed E-state index contributed by atoms with van der Waals surface area (Å²) in [6, 6.07) is 0. The Hall–Kier alpha value is -2.13. The molecule has 2 heteroatoms. The normalized spacial score (nSPS) is 7.90. The second kappa shape index (κ2) is 15.9. The monoisotopic (exact) mass is 282 g/mol. The summed E-state index contributed by atoms with van der Waals surface area (Å²) in [5, 5.41) is 8.56. The minimum Gasteiger partial charge on any atom is -0.396 e. The second-order valence-electron chi connectivity index (χ2n) is 4.33. The third-order valence-electron chi connectivity index (χ3n) is 2.32. The number of carbonyl (C=O) groups excluding carboxylic acids is 1.